The van der Waals surface area contributed by atoms with E-state index in [1.165, 1.54) is 5.56 Å². The number of nitrogens with zero attached hydrogens (tertiary/aromatic N) is 3. The highest BCUT2D eigenvalue weighted by atomic mass is 16.5. The minimum atomic E-state index is -0.216. The molecule has 25 heavy (non-hydrogen) atoms. The predicted octanol–water partition coefficient (Wildman–Crippen LogP) is 3.08. The molecule has 0 aliphatic carbocycles. The van der Waals surface area contributed by atoms with E-state index in [-0.39, 0.29) is 18.1 Å². The maximum atomic E-state index is 12.7. The molecular weight excluding hydrogens is 318 g/mol. The van der Waals surface area contributed by atoms with Gasteiger partial charge >= 0.3 is 0 Å². The van der Waals surface area contributed by atoms with Crippen molar-refractivity contribution in [3.05, 3.63) is 53.2 Å². The van der Waals surface area contributed by atoms with E-state index in [1.54, 1.807) is 18.9 Å². The van der Waals surface area contributed by atoms with Crippen LogP contribution in [0.4, 0.5) is 0 Å². The zero-order valence-corrected chi connectivity index (χ0v) is 14.8. The van der Waals surface area contributed by atoms with E-state index in [9.17, 15) is 4.79 Å². The van der Waals surface area contributed by atoms with Crippen LogP contribution in [0, 0.1) is 13.8 Å². The Morgan fingerprint density at radius 2 is 2.12 bits per heavy atom. The summed E-state index contributed by atoms with van der Waals surface area (Å²) in [4.78, 5) is 18.7. The molecule has 6 nitrogen and oxygen atoms in total. The van der Waals surface area contributed by atoms with Gasteiger partial charge in [-0.3, -0.25) is 4.79 Å². The Morgan fingerprint density at radius 3 is 2.76 bits per heavy atom. The first-order chi connectivity index (χ1) is 12.1. The number of aryl methyl sites for hydroxylation is 2. The number of methoxy groups -OCH3 is 1. The van der Waals surface area contributed by atoms with Gasteiger partial charge in [0.2, 0.25) is 11.8 Å². The average molecular weight is 341 g/mol. The predicted molar refractivity (Wildman–Crippen MR) is 93.7 cm³/mol. The number of hydrogen-bond donors (Lipinski definition) is 0. The third-order valence-corrected chi connectivity index (χ3v) is 4.42. The number of likely N-dealkylation sites (tertiary alicyclic amines) is 1. The van der Waals surface area contributed by atoms with E-state index in [0.29, 0.717) is 31.1 Å². The van der Waals surface area contributed by atoms with Crippen molar-refractivity contribution in [3.63, 3.8) is 0 Å². The maximum absolute atomic E-state index is 12.7. The number of aromatic nitrogens is 2. The van der Waals surface area contributed by atoms with Crippen molar-refractivity contribution < 1.29 is 14.1 Å². The van der Waals surface area contributed by atoms with Gasteiger partial charge in [-0.1, -0.05) is 47.1 Å². The number of ether oxygens (including phenoxy) is 1. The number of hydrogen-bond acceptors (Lipinski definition) is 5. The molecule has 2 atom stereocenters. The van der Waals surface area contributed by atoms with Crippen LogP contribution in [-0.4, -0.2) is 40.7 Å². The van der Waals surface area contributed by atoms with Gasteiger partial charge in [0.1, 0.15) is 6.04 Å². The van der Waals surface area contributed by atoms with Gasteiger partial charge in [-0.25, -0.2) is 0 Å². The van der Waals surface area contributed by atoms with Gasteiger partial charge in [0.05, 0.1) is 6.10 Å². The third-order valence-electron chi connectivity index (χ3n) is 4.42. The van der Waals surface area contributed by atoms with Crippen molar-refractivity contribution in [1.29, 1.82) is 0 Å². The van der Waals surface area contributed by atoms with E-state index < -0.39 is 0 Å². The van der Waals surface area contributed by atoms with Crippen molar-refractivity contribution in [2.24, 2.45) is 0 Å². The molecule has 2 heterocycles. The van der Waals surface area contributed by atoms with Crippen LogP contribution in [-0.2, 0) is 9.53 Å². The molecule has 3 rings (SSSR count). The van der Waals surface area contributed by atoms with Gasteiger partial charge in [0.15, 0.2) is 5.82 Å². The number of amides is 1. The summed E-state index contributed by atoms with van der Waals surface area (Å²) >= 11 is 0. The fourth-order valence-electron chi connectivity index (χ4n) is 3.02. The zero-order chi connectivity index (χ0) is 17.8. The normalized spacial score (nSPS) is 20.5. The summed E-state index contributed by atoms with van der Waals surface area (Å²) in [5.41, 5.74) is 2.30. The highest BCUT2D eigenvalue weighted by molar-refractivity contribution is 5.79. The summed E-state index contributed by atoms with van der Waals surface area (Å²) < 4.78 is 10.7. The molecule has 1 aromatic carbocycles. The van der Waals surface area contributed by atoms with Crippen molar-refractivity contribution >= 4 is 12.0 Å². The SMILES string of the molecule is CO[C@@H]1C[C@H](c2nc(C)no2)N(C(=O)C/C=C/c2ccc(C)cc2)C1. The van der Waals surface area contributed by atoms with Gasteiger partial charge < -0.3 is 14.2 Å². The molecular formula is C19H23N3O3. The van der Waals surface area contributed by atoms with Crippen LogP contribution in [0.3, 0.4) is 0 Å². The highest BCUT2D eigenvalue weighted by Gasteiger charge is 2.38. The molecule has 132 valence electrons. The monoisotopic (exact) mass is 341 g/mol. The minimum absolute atomic E-state index is 0.0118. The van der Waals surface area contributed by atoms with E-state index in [4.69, 9.17) is 9.26 Å². The van der Waals surface area contributed by atoms with Gasteiger partial charge in [-0.2, -0.15) is 4.98 Å². The summed E-state index contributed by atoms with van der Waals surface area (Å²) in [5, 5.41) is 3.84. The van der Waals surface area contributed by atoms with Crippen LogP contribution >= 0.6 is 0 Å². The Labute approximate surface area is 147 Å². The maximum Gasteiger partial charge on any atom is 0.249 e. The quantitative estimate of drug-likeness (QED) is 0.836. The molecule has 0 radical (unpaired) electrons. The topological polar surface area (TPSA) is 68.5 Å². The van der Waals surface area contributed by atoms with Crippen LogP contribution in [0.15, 0.2) is 34.9 Å². The minimum Gasteiger partial charge on any atom is -0.380 e. The molecule has 0 bridgehead atoms. The van der Waals surface area contributed by atoms with Crippen molar-refractivity contribution in [2.45, 2.75) is 38.8 Å². The Balaban J connectivity index is 1.67. The second kappa shape index (κ2) is 7.61. The summed E-state index contributed by atoms with van der Waals surface area (Å²) in [6.45, 7) is 4.36. The van der Waals surface area contributed by atoms with E-state index in [0.717, 1.165) is 5.56 Å². The molecule has 0 spiro atoms. The van der Waals surface area contributed by atoms with Gasteiger partial charge in [0.25, 0.3) is 0 Å². The summed E-state index contributed by atoms with van der Waals surface area (Å²) in [7, 11) is 1.66. The third kappa shape index (κ3) is 4.14. The molecule has 0 unspecified atom stereocenters. The number of benzene rings is 1. The lowest BCUT2D eigenvalue weighted by atomic mass is 10.1. The lowest BCUT2D eigenvalue weighted by Gasteiger charge is -2.20. The van der Waals surface area contributed by atoms with Crippen LogP contribution in [0.2, 0.25) is 0 Å². The second-order valence-corrected chi connectivity index (χ2v) is 6.35. The average Bonchev–Trinajstić information content (AvgIpc) is 3.22. The molecule has 1 aliphatic rings. The molecule has 0 N–H and O–H groups in total. The molecule has 1 aliphatic heterocycles. The number of carbonyl (C=O) groups excluding carboxylic acids is 1. The second-order valence-electron chi connectivity index (χ2n) is 6.35. The van der Waals surface area contributed by atoms with E-state index >= 15 is 0 Å². The summed E-state index contributed by atoms with van der Waals surface area (Å²) in [6.07, 6.45) is 4.85. The largest absolute Gasteiger partial charge is 0.380 e. The van der Waals surface area contributed by atoms with Gasteiger partial charge in [-0.05, 0) is 19.4 Å². The first-order valence-corrected chi connectivity index (χ1v) is 8.42. The van der Waals surface area contributed by atoms with Crippen molar-refractivity contribution in [1.82, 2.24) is 15.0 Å². The Kier molecular flexibility index (Phi) is 5.28. The molecule has 2 aromatic rings. The summed E-state index contributed by atoms with van der Waals surface area (Å²) in [6, 6.07) is 7.97. The molecule has 1 aromatic heterocycles. The fourth-order valence-corrected chi connectivity index (χ4v) is 3.02. The first-order valence-electron chi connectivity index (χ1n) is 8.42. The highest BCUT2D eigenvalue weighted by Crippen LogP contribution is 2.33. The lowest BCUT2D eigenvalue weighted by Crippen LogP contribution is -2.31. The van der Waals surface area contributed by atoms with Crippen molar-refractivity contribution in [3.8, 4) is 0 Å². The van der Waals surface area contributed by atoms with Crippen LogP contribution < -0.4 is 0 Å². The number of rotatable bonds is 5. The molecule has 0 saturated carbocycles. The standard InChI is InChI=1S/C19H23N3O3/c1-13-7-9-15(10-8-13)5-4-6-18(23)22-12-16(24-3)11-17(22)19-20-14(2)21-25-19/h4-5,7-10,16-17H,6,11-12H2,1-3H3/b5-4+/t16-,17-/m1/s1. The fraction of sp³-hybridized carbons (Fsp3) is 0.421. The van der Waals surface area contributed by atoms with Crippen LogP contribution in [0.5, 0.6) is 0 Å². The Morgan fingerprint density at radius 1 is 1.36 bits per heavy atom. The van der Waals surface area contributed by atoms with Crippen LogP contribution in [0.25, 0.3) is 6.08 Å². The zero-order valence-electron chi connectivity index (χ0n) is 14.8. The van der Waals surface area contributed by atoms with Crippen molar-refractivity contribution in [2.75, 3.05) is 13.7 Å². The smallest absolute Gasteiger partial charge is 0.249 e. The molecule has 6 heteroatoms. The van der Waals surface area contributed by atoms with Gasteiger partial charge in [-0.15, -0.1) is 0 Å². The van der Waals surface area contributed by atoms with E-state index in [2.05, 4.69) is 29.2 Å². The Bertz CT molecular complexity index is 752. The van der Waals surface area contributed by atoms with Crippen LogP contribution in [0.1, 0.15) is 41.7 Å². The molecule has 1 amide bonds. The number of carbonyl (C=O) groups is 1. The molecule has 1 saturated heterocycles. The van der Waals surface area contributed by atoms with E-state index in [1.807, 2.05) is 24.3 Å². The Hall–Kier alpha value is -2.47. The molecule has 1 fully saturated rings. The van der Waals surface area contributed by atoms with Gasteiger partial charge in [0, 0.05) is 26.5 Å². The lowest BCUT2D eigenvalue weighted by molar-refractivity contribution is -0.132. The first kappa shape index (κ1) is 17.4. The summed E-state index contributed by atoms with van der Waals surface area (Å²) in [5.74, 6) is 1.08.